The largest absolute Gasteiger partial charge is 0.450 e. The minimum absolute atomic E-state index is 0.0850. The zero-order chi connectivity index (χ0) is 23.9. The summed E-state index contributed by atoms with van der Waals surface area (Å²) in [5.41, 5.74) is 2.99. The summed E-state index contributed by atoms with van der Waals surface area (Å²) in [6.07, 6.45) is 1.58. The van der Waals surface area contributed by atoms with Gasteiger partial charge in [0.2, 0.25) is 5.95 Å². The number of nitro benzene ring substituents is 1. The van der Waals surface area contributed by atoms with Crippen molar-refractivity contribution in [1.82, 2.24) is 19.8 Å². The molecular formula is C24H30N6O4. The lowest BCUT2D eigenvalue weighted by Crippen LogP contribution is -2.43. The van der Waals surface area contributed by atoms with E-state index in [1.54, 1.807) is 19.1 Å². The van der Waals surface area contributed by atoms with Crippen molar-refractivity contribution in [2.24, 2.45) is 0 Å². The van der Waals surface area contributed by atoms with Gasteiger partial charge in [0.1, 0.15) is 0 Å². The zero-order valence-corrected chi connectivity index (χ0v) is 19.3. The monoisotopic (exact) mass is 466 g/mol. The Hall–Kier alpha value is -3.66. The van der Waals surface area contributed by atoms with Crippen LogP contribution in [0.5, 0.6) is 0 Å². The Balaban J connectivity index is 1.39. The molecular weight excluding hydrogens is 436 g/mol. The first-order valence-electron chi connectivity index (χ1n) is 11.6. The Bertz CT molecular complexity index is 1120. The number of nitro groups is 1. The van der Waals surface area contributed by atoms with Gasteiger partial charge in [-0.1, -0.05) is 24.3 Å². The molecule has 3 aromatic rings. The number of anilines is 1. The Kier molecular flexibility index (Phi) is 7.58. The number of fused-ring (bicyclic) bond motifs is 1. The molecule has 0 unspecified atom stereocenters. The first-order chi connectivity index (χ1) is 16.5. The standard InChI is InChI=1S/C24H30N6O4/c1-2-34-24(31)25-13-16-28-14-11-19(12-15-28)26-23-27-21-5-3-4-6-22(21)29(23)17-18-7-9-20(10-8-18)30(32)33/h3-10,19H,2,11-17H2,1H3,(H,25,31)(H,26,27). The van der Waals surface area contributed by atoms with Gasteiger partial charge in [0.25, 0.3) is 5.69 Å². The molecule has 0 atom stereocenters. The minimum atomic E-state index is -0.386. The topological polar surface area (TPSA) is 115 Å². The van der Waals surface area contributed by atoms with Gasteiger partial charge in [-0.3, -0.25) is 10.1 Å². The van der Waals surface area contributed by atoms with Gasteiger partial charge in [0.05, 0.1) is 29.1 Å². The van der Waals surface area contributed by atoms with Crippen molar-refractivity contribution in [3.8, 4) is 0 Å². The van der Waals surface area contributed by atoms with E-state index in [2.05, 4.69) is 20.1 Å². The molecule has 2 heterocycles. The third-order valence-electron chi connectivity index (χ3n) is 6.04. The van der Waals surface area contributed by atoms with Crippen molar-refractivity contribution in [2.75, 3.05) is 38.1 Å². The average molecular weight is 467 g/mol. The molecule has 4 rings (SSSR count). The number of non-ortho nitro benzene ring substituents is 1. The van der Waals surface area contributed by atoms with Crippen molar-refractivity contribution >= 4 is 28.8 Å². The molecule has 1 saturated heterocycles. The maximum atomic E-state index is 11.4. The van der Waals surface area contributed by atoms with Gasteiger partial charge in [0.15, 0.2) is 0 Å². The second-order valence-corrected chi connectivity index (χ2v) is 8.34. The van der Waals surface area contributed by atoms with Gasteiger partial charge in [-0.05, 0) is 37.5 Å². The molecule has 180 valence electrons. The molecule has 10 heteroatoms. The van der Waals surface area contributed by atoms with Gasteiger partial charge >= 0.3 is 6.09 Å². The number of amides is 1. The van der Waals surface area contributed by atoms with Gasteiger partial charge in [-0.2, -0.15) is 0 Å². The SMILES string of the molecule is CCOC(=O)NCCN1CCC(Nc2nc3ccccc3n2Cc2ccc([N+](=O)[O-])cc2)CC1. The highest BCUT2D eigenvalue weighted by Gasteiger charge is 2.21. The molecule has 1 amide bonds. The fourth-order valence-electron chi connectivity index (χ4n) is 4.23. The fourth-order valence-corrected chi connectivity index (χ4v) is 4.23. The number of likely N-dealkylation sites (tertiary alicyclic amines) is 1. The van der Waals surface area contributed by atoms with E-state index in [1.165, 1.54) is 12.1 Å². The second-order valence-electron chi connectivity index (χ2n) is 8.34. The summed E-state index contributed by atoms with van der Waals surface area (Å²) < 4.78 is 7.02. The lowest BCUT2D eigenvalue weighted by atomic mass is 10.1. The summed E-state index contributed by atoms with van der Waals surface area (Å²) in [7, 11) is 0. The van der Waals surface area contributed by atoms with Crippen LogP contribution in [0.3, 0.4) is 0 Å². The van der Waals surface area contributed by atoms with E-state index in [0.717, 1.165) is 55.0 Å². The average Bonchev–Trinajstić information content (AvgIpc) is 3.17. The Labute approximate surface area is 198 Å². The lowest BCUT2D eigenvalue weighted by molar-refractivity contribution is -0.384. The zero-order valence-electron chi connectivity index (χ0n) is 19.3. The lowest BCUT2D eigenvalue weighted by Gasteiger charge is -2.32. The number of alkyl carbamates (subject to hydrolysis) is 1. The van der Waals surface area contributed by atoms with Crippen LogP contribution >= 0.6 is 0 Å². The number of ether oxygens (including phenoxy) is 1. The van der Waals surface area contributed by atoms with E-state index in [0.29, 0.717) is 25.7 Å². The first kappa shape index (κ1) is 23.5. The normalized spacial score (nSPS) is 14.7. The molecule has 2 aromatic carbocycles. The number of para-hydroxylation sites is 2. The van der Waals surface area contributed by atoms with Crippen LogP contribution in [0.15, 0.2) is 48.5 Å². The number of nitrogens with one attached hydrogen (secondary N) is 2. The van der Waals surface area contributed by atoms with Crippen LogP contribution in [-0.2, 0) is 11.3 Å². The van der Waals surface area contributed by atoms with Gasteiger partial charge < -0.3 is 24.8 Å². The number of rotatable bonds is 9. The third kappa shape index (κ3) is 5.82. The van der Waals surface area contributed by atoms with Crippen LogP contribution in [0.1, 0.15) is 25.3 Å². The third-order valence-corrected chi connectivity index (χ3v) is 6.04. The molecule has 0 radical (unpaired) electrons. The molecule has 34 heavy (non-hydrogen) atoms. The van der Waals surface area contributed by atoms with Gasteiger partial charge in [-0.15, -0.1) is 0 Å². The second kappa shape index (κ2) is 11.0. The molecule has 1 aliphatic rings. The highest BCUT2D eigenvalue weighted by Crippen LogP contribution is 2.24. The number of piperidine rings is 1. The van der Waals surface area contributed by atoms with E-state index in [4.69, 9.17) is 9.72 Å². The number of carbonyl (C=O) groups excluding carboxylic acids is 1. The number of hydrogen-bond donors (Lipinski definition) is 2. The summed E-state index contributed by atoms with van der Waals surface area (Å²) in [6.45, 7) is 5.97. The molecule has 1 aliphatic heterocycles. The van der Waals surface area contributed by atoms with E-state index in [1.807, 2.05) is 24.3 Å². The molecule has 0 spiro atoms. The van der Waals surface area contributed by atoms with Gasteiger partial charge in [0, 0.05) is 44.4 Å². The number of hydrogen-bond acceptors (Lipinski definition) is 7. The van der Waals surface area contributed by atoms with Crippen LogP contribution in [0.4, 0.5) is 16.4 Å². The van der Waals surface area contributed by atoms with Crippen LogP contribution in [0.25, 0.3) is 11.0 Å². The summed E-state index contributed by atoms with van der Waals surface area (Å²) in [6, 6.07) is 14.9. The fraction of sp³-hybridized carbons (Fsp3) is 0.417. The van der Waals surface area contributed by atoms with Crippen molar-refractivity contribution in [3.63, 3.8) is 0 Å². The van der Waals surface area contributed by atoms with Crippen LogP contribution in [0.2, 0.25) is 0 Å². The predicted molar refractivity (Wildman–Crippen MR) is 130 cm³/mol. The number of imidazole rings is 1. The summed E-state index contributed by atoms with van der Waals surface area (Å²) in [4.78, 5) is 29.2. The van der Waals surface area contributed by atoms with Crippen molar-refractivity contribution in [2.45, 2.75) is 32.4 Å². The molecule has 0 saturated carbocycles. The highest BCUT2D eigenvalue weighted by molar-refractivity contribution is 5.78. The summed E-state index contributed by atoms with van der Waals surface area (Å²) in [5.74, 6) is 0.807. The number of nitrogens with zero attached hydrogens (tertiary/aromatic N) is 4. The van der Waals surface area contributed by atoms with E-state index in [-0.39, 0.29) is 16.7 Å². The number of aromatic nitrogens is 2. The number of carbonyl (C=O) groups is 1. The smallest absolute Gasteiger partial charge is 0.407 e. The Morgan fingerprint density at radius 1 is 1.18 bits per heavy atom. The van der Waals surface area contributed by atoms with Crippen molar-refractivity contribution in [3.05, 3.63) is 64.2 Å². The van der Waals surface area contributed by atoms with Crippen molar-refractivity contribution in [1.29, 1.82) is 0 Å². The van der Waals surface area contributed by atoms with Gasteiger partial charge in [-0.25, -0.2) is 9.78 Å². The predicted octanol–water partition coefficient (Wildman–Crippen LogP) is 3.62. The van der Waals surface area contributed by atoms with Crippen LogP contribution in [-0.4, -0.2) is 64.3 Å². The Morgan fingerprint density at radius 3 is 2.62 bits per heavy atom. The molecule has 0 aliphatic carbocycles. The van der Waals surface area contributed by atoms with E-state index >= 15 is 0 Å². The van der Waals surface area contributed by atoms with E-state index < -0.39 is 0 Å². The van der Waals surface area contributed by atoms with E-state index in [9.17, 15) is 14.9 Å². The van der Waals surface area contributed by atoms with Crippen LogP contribution in [0, 0.1) is 10.1 Å². The molecule has 1 fully saturated rings. The molecule has 0 bridgehead atoms. The molecule has 1 aromatic heterocycles. The summed E-state index contributed by atoms with van der Waals surface area (Å²) >= 11 is 0. The molecule has 2 N–H and O–H groups in total. The minimum Gasteiger partial charge on any atom is -0.450 e. The maximum absolute atomic E-state index is 11.4. The van der Waals surface area contributed by atoms with Crippen LogP contribution < -0.4 is 10.6 Å². The highest BCUT2D eigenvalue weighted by atomic mass is 16.6. The van der Waals surface area contributed by atoms with Crippen molar-refractivity contribution < 1.29 is 14.5 Å². The Morgan fingerprint density at radius 2 is 1.91 bits per heavy atom. The summed E-state index contributed by atoms with van der Waals surface area (Å²) in [5, 5.41) is 17.4. The quantitative estimate of drug-likeness (QED) is 0.366. The number of benzene rings is 2. The maximum Gasteiger partial charge on any atom is 0.407 e. The molecule has 10 nitrogen and oxygen atoms in total. The first-order valence-corrected chi connectivity index (χ1v) is 11.6.